The second kappa shape index (κ2) is 7.59. The molecule has 0 spiro atoms. The molecule has 2 heterocycles. The number of allylic oxidation sites excluding steroid dienone is 3. The molecule has 166 valence electrons. The molecule has 0 saturated carbocycles. The molecular weight excluding hydrogens is 444 g/mol. The second-order valence-corrected chi connectivity index (χ2v) is 11.5. The van der Waals surface area contributed by atoms with E-state index in [2.05, 4.69) is 6.07 Å². The number of carbonyl (C=O) groups excluding carboxylic acids is 1. The minimum atomic E-state index is -3.85. The number of benzene rings is 1. The van der Waals surface area contributed by atoms with Crippen LogP contribution < -0.4 is 15.8 Å². The van der Waals surface area contributed by atoms with Crippen molar-refractivity contribution in [3.63, 3.8) is 0 Å². The highest BCUT2D eigenvalue weighted by Gasteiger charge is 2.45. The summed E-state index contributed by atoms with van der Waals surface area (Å²) < 4.78 is 23.4. The van der Waals surface area contributed by atoms with Crippen LogP contribution in [0.25, 0.3) is 0 Å². The van der Waals surface area contributed by atoms with Crippen LogP contribution in [0, 0.1) is 23.7 Å². The molecule has 9 heteroatoms. The van der Waals surface area contributed by atoms with Crippen molar-refractivity contribution < 1.29 is 13.2 Å². The quantitative estimate of drug-likeness (QED) is 0.707. The van der Waals surface area contributed by atoms with Crippen LogP contribution in [-0.4, -0.2) is 14.2 Å². The van der Waals surface area contributed by atoms with Crippen molar-refractivity contribution in [3.8, 4) is 6.07 Å². The predicted octanol–water partition coefficient (Wildman–Crippen LogP) is 3.64. The van der Waals surface area contributed by atoms with E-state index in [9.17, 15) is 18.5 Å². The molecule has 32 heavy (non-hydrogen) atoms. The molecule has 1 aliphatic carbocycles. The first-order valence-corrected chi connectivity index (χ1v) is 12.5. The van der Waals surface area contributed by atoms with Gasteiger partial charge in [0.15, 0.2) is 5.78 Å². The maximum atomic E-state index is 13.4. The average molecular weight is 469 g/mol. The molecule has 1 aliphatic heterocycles. The minimum Gasteiger partial charge on any atom is -0.384 e. The lowest BCUT2D eigenvalue weighted by atomic mass is 9.69. The summed E-state index contributed by atoms with van der Waals surface area (Å²) in [5.41, 5.74) is 9.54. The zero-order valence-corrected chi connectivity index (χ0v) is 19.7. The van der Waals surface area contributed by atoms with Gasteiger partial charge in [-0.05, 0) is 60.0 Å². The molecule has 1 aromatic carbocycles. The van der Waals surface area contributed by atoms with Crippen molar-refractivity contribution in [1.29, 1.82) is 5.26 Å². The number of carbonyl (C=O) groups is 1. The molecule has 7 nitrogen and oxygen atoms in total. The third-order valence-corrected chi connectivity index (χ3v) is 7.98. The van der Waals surface area contributed by atoms with Crippen LogP contribution >= 0.6 is 11.3 Å². The van der Waals surface area contributed by atoms with Gasteiger partial charge in [0.1, 0.15) is 5.82 Å². The van der Waals surface area contributed by atoms with Crippen molar-refractivity contribution in [3.05, 3.63) is 68.8 Å². The maximum Gasteiger partial charge on any atom is 0.238 e. The van der Waals surface area contributed by atoms with E-state index in [1.807, 2.05) is 32.2 Å². The number of aryl methyl sites for hydroxylation is 1. The van der Waals surface area contributed by atoms with Gasteiger partial charge in [0.05, 0.1) is 22.5 Å². The highest BCUT2D eigenvalue weighted by Crippen LogP contribution is 2.51. The number of thiophene rings is 1. The lowest BCUT2D eigenvalue weighted by Gasteiger charge is -2.43. The molecule has 2 aliphatic rings. The van der Waals surface area contributed by atoms with Gasteiger partial charge < -0.3 is 5.73 Å². The average Bonchev–Trinajstić information content (AvgIpc) is 3.11. The molecule has 0 bridgehead atoms. The molecule has 0 amide bonds. The molecule has 0 fully saturated rings. The maximum absolute atomic E-state index is 13.4. The van der Waals surface area contributed by atoms with Gasteiger partial charge >= 0.3 is 0 Å². The summed E-state index contributed by atoms with van der Waals surface area (Å²) in [5, 5.41) is 17.3. The Morgan fingerprint density at radius 1 is 1.19 bits per heavy atom. The van der Waals surface area contributed by atoms with E-state index in [1.54, 1.807) is 17.0 Å². The number of nitriles is 1. The largest absolute Gasteiger partial charge is 0.384 e. The van der Waals surface area contributed by atoms with Gasteiger partial charge in [-0.1, -0.05) is 13.8 Å². The Morgan fingerprint density at radius 3 is 2.38 bits per heavy atom. The third-order valence-electron chi connectivity index (χ3n) is 5.97. The van der Waals surface area contributed by atoms with Crippen LogP contribution in [0.2, 0.25) is 0 Å². The van der Waals surface area contributed by atoms with Gasteiger partial charge in [0.25, 0.3) is 0 Å². The number of ketones is 1. The molecule has 4 N–H and O–H groups in total. The van der Waals surface area contributed by atoms with E-state index >= 15 is 0 Å². The van der Waals surface area contributed by atoms with Crippen molar-refractivity contribution in [2.45, 2.75) is 44.4 Å². The highest BCUT2D eigenvalue weighted by atomic mass is 32.2. The van der Waals surface area contributed by atoms with Crippen LogP contribution in [0.4, 0.5) is 5.69 Å². The molecule has 1 aromatic heterocycles. The Morgan fingerprint density at radius 2 is 1.84 bits per heavy atom. The first kappa shape index (κ1) is 22.3. The molecular formula is C23H24N4O3S2. The van der Waals surface area contributed by atoms with E-state index in [1.165, 1.54) is 23.5 Å². The number of nitrogens with zero attached hydrogens (tertiary/aromatic N) is 2. The molecule has 0 radical (unpaired) electrons. The lowest BCUT2D eigenvalue weighted by Crippen LogP contribution is -2.42. The Balaban J connectivity index is 1.97. The Bertz CT molecular complexity index is 1330. The summed E-state index contributed by atoms with van der Waals surface area (Å²) in [4.78, 5) is 16.1. The fourth-order valence-corrected chi connectivity index (χ4v) is 6.09. The molecule has 4 rings (SSSR count). The highest BCUT2D eigenvalue weighted by molar-refractivity contribution is 7.89. The number of primary sulfonamides is 1. The fourth-order valence-electron chi connectivity index (χ4n) is 4.53. The zero-order valence-electron chi connectivity index (χ0n) is 18.0. The number of anilines is 1. The summed E-state index contributed by atoms with van der Waals surface area (Å²) in [7, 11) is -3.85. The van der Waals surface area contributed by atoms with Crippen molar-refractivity contribution >= 4 is 32.8 Å². The van der Waals surface area contributed by atoms with E-state index in [-0.39, 0.29) is 21.9 Å². The lowest BCUT2D eigenvalue weighted by molar-refractivity contribution is -0.118. The van der Waals surface area contributed by atoms with Crippen LogP contribution in [0.15, 0.2) is 63.3 Å². The first-order chi connectivity index (χ1) is 14.9. The molecule has 2 aromatic rings. The van der Waals surface area contributed by atoms with E-state index in [0.717, 1.165) is 16.1 Å². The van der Waals surface area contributed by atoms with Crippen molar-refractivity contribution in [2.24, 2.45) is 16.3 Å². The summed E-state index contributed by atoms with van der Waals surface area (Å²) in [5.74, 6) is -0.253. The number of hydrogen-bond acceptors (Lipinski definition) is 7. The van der Waals surface area contributed by atoms with Gasteiger partial charge in [-0.25, -0.2) is 13.6 Å². The Kier molecular flexibility index (Phi) is 5.28. The monoisotopic (exact) mass is 468 g/mol. The number of Topliss-reactive ketones (excluding diaryl/α,β-unsaturated/α-hetero) is 1. The zero-order chi connectivity index (χ0) is 23.4. The molecule has 0 saturated heterocycles. The van der Waals surface area contributed by atoms with Gasteiger partial charge in [-0.2, -0.15) is 5.26 Å². The number of rotatable bonds is 3. The van der Waals surface area contributed by atoms with Crippen molar-refractivity contribution in [2.75, 3.05) is 4.90 Å². The summed E-state index contributed by atoms with van der Waals surface area (Å²) in [6.45, 7) is 6.02. The minimum absolute atomic E-state index is 0.000422. The van der Waals surface area contributed by atoms with Gasteiger partial charge in [0.2, 0.25) is 10.0 Å². The second-order valence-electron chi connectivity index (χ2n) is 8.99. The molecule has 1 atom stereocenters. The summed E-state index contributed by atoms with van der Waals surface area (Å²) in [6.07, 6.45) is 0.967. The molecule has 0 unspecified atom stereocenters. The standard InChI is InChI=1S/C23H24N4O3S2/c1-13-8-9-31-21(13)19-16(12-24)22(25)27(14-4-6-15(7-5-14)32(26,29)30)17-10-23(2,3)11-18(28)20(17)19/h4-9,19H,10-11,25H2,1-3H3,(H2,26,29,30)/t19-/m1/s1. The van der Waals surface area contributed by atoms with Crippen molar-refractivity contribution in [1.82, 2.24) is 0 Å². The Hall–Kier alpha value is -2.93. The normalized spacial score (nSPS) is 20.9. The summed E-state index contributed by atoms with van der Waals surface area (Å²) in [6, 6.07) is 10.2. The Labute approximate surface area is 191 Å². The van der Waals surface area contributed by atoms with E-state index < -0.39 is 15.9 Å². The smallest absolute Gasteiger partial charge is 0.238 e. The first-order valence-electron chi connectivity index (χ1n) is 10.1. The van der Waals surface area contributed by atoms with Gasteiger partial charge in [0, 0.05) is 28.3 Å². The number of nitrogens with two attached hydrogens (primary N) is 2. The van der Waals surface area contributed by atoms with Crippen LogP contribution in [0.3, 0.4) is 0 Å². The number of hydrogen-bond donors (Lipinski definition) is 2. The van der Waals surface area contributed by atoms with Crippen LogP contribution in [0.5, 0.6) is 0 Å². The predicted molar refractivity (Wildman–Crippen MR) is 124 cm³/mol. The van der Waals surface area contributed by atoms with E-state index in [0.29, 0.717) is 29.7 Å². The number of sulfonamides is 1. The van der Waals surface area contributed by atoms with E-state index in [4.69, 9.17) is 10.9 Å². The summed E-state index contributed by atoms with van der Waals surface area (Å²) >= 11 is 1.51. The third kappa shape index (κ3) is 3.64. The topological polar surface area (TPSA) is 130 Å². The van der Waals surface area contributed by atoms with Gasteiger partial charge in [-0.15, -0.1) is 11.3 Å². The van der Waals surface area contributed by atoms with Gasteiger partial charge in [-0.3, -0.25) is 9.69 Å². The van der Waals surface area contributed by atoms with Crippen LogP contribution in [0.1, 0.15) is 43.0 Å². The fraction of sp³-hybridized carbons (Fsp3) is 0.304. The van der Waals surface area contributed by atoms with Crippen LogP contribution in [-0.2, 0) is 14.8 Å². The SMILES string of the molecule is Cc1ccsc1[C@@H]1C(C#N)=C(N)N(c2ccc(S(N)(=O)=O)cc2)C2=C1C(=O)CC(C)(C)C2.